The molecule has 1 amide bonds. The third kappa shape index (κ3) is 3.57. The van der Waals surface area contributed by atoms with Crippen LogP contribution in [0.4, 0.5) is 5.69 Å². The Labute approximate surface area is 189 Å². The lowest BCUT2D eigenvalue weighted by Crippen LogP contribution is -2.31. The summed E-state index contributed by atoms with van der Waals surface area (Å²) in [6.45, 7) is 2.21. The molecule has 0 spiro atoms. The van der Waals surface area contributed by atoms with Crippen molar-refractivity contribution in [3.05, 3.63) is 121 Å². The van der Waals surface area contributed by atoms with Gasteiger partial charge in [0.25, 0.3) is 11.6 Å². The smallest absolute Gasteiger partial charge is 0.290 e. The summed E-state index contributed by atoms with van der Waals surface area (Å²) in [5.74, 6) is -0.391. The van der Waals surface area contributed by atoms with Gasteiger partial charge in [0, 0.05) is 18.7 Å². The summed E-state index contributed by atoms with van der Waals surface area (Å²) < 4.78 is 5.94. The Kier molecular flexibility index (Phi) is 5.01. The first-order valence-electron chi connectivity index (χ1n) is 10.6. The first kappa shape index (κ1) is 20.6. The average molecular weight is 440 g/mol. The minimum Gasteiger partial charge on any atom is -0.450 e. The molecule has 0 fully saturated rings. The molecule has 33 heavy (non-hydrogen) atoms. The maximum atomic E-state index is 13.6. The van der Waals surface area contributed by atoms with E-state index < -0.39 is 16.9 Å². The van der Waals surface area contributed by atoms with Crippen LogP contribution < -0.4 is 5.43 Å². The van der Waals surface area contributed by atoms with Crippen molar-refractivity contribution in [2.45, 2.75) is 19.4 Å². The van der Waals surface area contributed by atoms with Crippen LogP contribution in [0.25, 0.3) is 11.0 Å². The second kappa shape index (κ2) is 8.02. The molecule has 0 aliphatic carbocycles. The van der Waals surface area contributed by atoms with Crippen LogP contribution in [0.15, 0.2) is 82.0 Å². The molecule has 0 saturated heterocycles. The highest BCUT2D eigenvalue weighted by Crippen LogP contribution is 2.39. The average Bonchev–Trinajstić information content (AvgIpc) is 3.11. The number of fused-ring (bicyclic) bond motifs is 2. The van der Waals surface area contributed by atoms with E-state index in [-0.39, 0.29) is 22.4 Å². The van der Waals surface area contributed by atoms with E-state index in [0.29, 0.717) is 29.5 Å². The Morgan fingerprint density at radius 3 is 2.55 bits per heavy atom. The molecular formula is C26H20N2O5. The summed E-state index contributed by atoms with van der Waals surface area (Å²) in [5, 5.41) is 11.8. The number of aryl methyl sites for hydroxylation is 1. The van der Waals surface area contributed by atoms with Crippen molar-refractivity contribution in [3.8, 4) is 0 Å². The highest BCUT2D eigenvalue weighted by atomic mass is 16.6. The summed E-state index contributed by atoms with van der Waals surface area (Å²) in [4.78, 5) is 39.5. The molecule has 4 aromatic rings. The van der Waals surface area contributed by atoms with Crippen molar-refractivity contribution in [1.82, 2.24) is 4.90 Å². The van der Waals surface area contributed by atoms with Crippen molar-refractivity contribution in [2.75, 3.05) is 6.54 Å². The second-order valence-corrected chi connectivity index (χ2v) is 8.16. The number of carbonyl (C=O) groups excluding carboxylic acids is 1. The number of benzene rings is 3. The Hall–Kier alpha value is -4.26. The minimum absolute atomic E-state index is 0.000853. The predicted octanol–water partition coefficient (Wildman–Crippen LogP) is 4.80. The lowest BCUT2D eigenvalue weighted by Gasteiger charge is -2.25. The van der Waals surface area contributed by atoms with Crippen LogP contribution in [0.2, 0.25) is 0 Å². The quantitative estimate of drug-likeness (QED) is 0.328. The highest BCUT2D eigenvalue weighted by molar-refractivity contribution is 5.99. The van der Waals surface area contributed by atoms with Crippen LogP contribution in [0.3, 0.4) is 0 Å². The standard InChI is InChI=1S/C26H20N2O5/c1-16-10-11-21-20(14-16)24(29)22-23(18-8-5-9-19(15-18)28(31)32)27(26(30)25(22)33-21)13-12-17-6-3-2-4-7-17/h2-11,14-15,23H,12-13H2,1H3. The Balaban J connectivity index is 1.68. The monoisotopic (exact) mass is 440 g/mol. The molecule has 1 unspecified atom stereocenters. The van der Waals surface area contributed by atoms with E-state index in [2.05, 4.69) is 0 Å². The summed E-state index contributed by atoms with van der Waals surface area (Å²) in [6, 6.07) is 20.3. The van der Waals surface area contributed by atoms with E-state index in [1.807, 2.05) is 43.3 Å². The van der Waals surface area contributed by atoms with Crippen molar-refractivity contribution in [3.63, 3.8) is 0 Å². The summed E-state index contributed by atoms with van der Waals surface area (Å²) in [6.07, 6.45) is 0.568. The molecule has 3 aromatic carbocycles. The molecule has 2 heterocycles. The first-order valence-corrected chi connectivity index (χ1v) is 10.6. The highest BCUT2D eigenvalue weighted by Gasteiger charge is 2.42. The lowest BCUT2D eigenvalue weighted by atomic mass is 9.97. The van der Waals surface area contributed by atoms with Gasteiger partial charge in [-0.2, -0.15) is 0 Å². The van der Waals surface area contributed by atoms with Gasteiger partial charge in [0.15, 0.2) is 5.43 Å². The number of hydrogen-bond acceptors (Lipinski definition) is 5. The van der Waals surface area contributed by atoms with Gasteiger partial charge in [0.1, 0.15) is 5.58 Å². The van der Waals surface area contributed by atoms with Crippen molar-refractivity contribution in [2.24, 2.45) is 0 Å². The van der Waals surface area contributed by atoms with E-state index in [4.69, 9.17) is 4.42 Å². The number of amides is 1. The Morgan fingerprint density at radius 2 is 1.79 bits per heavy atom. The molecule has 0 bridgehead atoms. The number of rotatable bonds is 5. The van der Waals surface area contributed by atoms with E-state index in [1.165, 1.54) is 12.1 Å². The summed E-state index contributed by atoms with van der Waals surface area (Å²) in [5.41, 5.74) is 2.63. The molecule has 1 aliphatic rings. The summed E-state index contributed by atoms with van der Waals surface area (Å²) >= 11 is 0. The lowest BCUT2D eigenvalue weighted by molar-refractivity contribution is -0.384. The van der Waals surface area contributed by atoms with Crippen LogP contribution in [0, 0.1) is 17.0 Å². The molecule has 7 heteroatoms. The van der Waals surface area contributed by atoms with Gasteiger partial charge >= 0.3 is 0 Å². The number of nitro benzene ring substituents is 1. The van der Waals surface area contributed by atoms with Gasteiger partial charge in [-0.15, -0.1) is 0 Å². The molecule has 5 rings (SSSR count). The number of non-ortho nitro benzene ring substituents is 1. The second-order valence-electron chi connectivity index (χ2n) is 8.16. The van der Waals surface area contributed by atoms with Gasteiger partial charge in [-0.1, -0.05) is 54.1 Å². The fourth-order valence-electron chi connectivity index (χ4n) is 4.41. The number of hydrogen-bond donors (Lipinski definition) is 0. The number of nitrogens with zero attached hydrogens (tertiary/aromatic N) is 2. The third-order valence-corrected chi connectivity index (χ3v) is 6.00. The van der Waals surface area contributed by atoms with E-state index in [1.54, 1.807) is 29.2 Å². The van der Waals surface area contributed by atoms with Crippen LogP contribution in [-0.2, 0) is 6.42 Å². The zero-order chi connectivity index (χ0) is 23.1. The van der Waals surface area contributed by atoms with Gasteiger partial charge in [0.2, 0.25) is 5.76 Å². The zero-order valence-electron chi connectivity index (χ0n) is 17.9. The zero-order valence-corrected chi connectivity index (χ0v) is 17.9. The molecule has 1 aliphatic heterocycles. The van der Waals surface area contributed by atoms with Gasteiger partial charge in [-0.05, 0) is 36.6 Å². The van der Waals surface area contributed by atoms with E-state index in [9.17, 15) is 19.7 Å². The normalized spacial score (nSPS) is 15.1. The predicted molar refractivity (Wildman–Crippen MR) is 123 cm³/mol. The minimum atomic E-state index is -0.766. The van der Waals surface area contributed by atoms with Crippen LogP contribution >= 0.6 is 0 Å². The van der Waals surface area contributed by atoms with Crippen LogP contribution in [0.1, 0.15) is 38.9 Å². The molecule has 0 radical (unpaired) electrons. The van der Waals surface area contributed by atoms with Gasteiger partial charge in [-0.25, -0.2) is 0 Å². The molecule has 1 aromatic heterocycles. The molecule has 7 nitrogen and oxygen atoms in total. The van der Waals surface area contributed by atoms with Crippen LogP contribution in [0.5, 0.6) is 0 Å². The van der Waals surface area contributed by atoms with E-state index in [0.717, 1.165) is 11.1 Å². The van der Waals surface area contributed by atoms with Gasteiger partial charge in [-0.3, -0.25) is 19.7 Å². The fourth-order valence-corrected chi connectivity index (χ4v) is 4.41. The Morgan fingerprint density at radius 1 is 1.00 bits per heavy atom. The maximum Gasteiger partial charge on any atom is 0.290 e. The summed E-state index contributed by atoms with van der Waals surface area (Å²) in [7, 11) is 0. The van der Waals surface area contributed by atoms with Crippen molar-refractivity contribution in [1.29, 1.82) is 0 Å². The molecule has 1 atom stereocenters. The largest absolute Gasteiger partial charge is 0.450 e. The molecule has 0 saturated carbocycles. The number of nitro groups is 1. The van der Waals surface area contributed by atoms with Crippen molar-refractivity contribution >= 4 is 22.6 Å². The SMILES string of the molecule is Cc1ccc2oc3c(c(=O)c2c1)C(c1cccc([N+](=O)[O-])c1)N(CCc1ccccc1)C3=O. The van der Waals surface area contributed by atoms with E-state index >= 15 is 0 Å². The topological polar surface area (TPSA) is 93.7 Å². The van der Waals surface area contributed by atoms with Gasteiger partial charge < -0.3 is 9.32 Å². The maximum absolute atomic E-state index is 13.6. The molecule has 164 valence electrons. The Bertz CT molecular complexity index is 1460. The van der Waals surface area contributed by atoms with Crippen molar-refractivity contribution < 1.29 is 14.1 Å². The first-order chi connectivity index (χ1) is 15.9. The third-order valence-electron chi connectivity index (χ3n) is 6.00. The van der Waals surface area contributed by atoms with Gasteiger partial charge in [0.05, 0.1) is 21.9 Å². The molecular weight excluding hydrogens is 420 g/mol. The molecule has 0 N–H and O–H groups in total. The fraction of sp³-hybridized carbons (Fsp3) is 0.154. The van der Waals surface area contributed by atoms with Crippen LogP contribution in [-0.4, -0.2) is 22.3 Å². The number of carbonyl (C=O) groups is 1.